The molecule has 3 rings (SSSR count). The zero-order valence-corrected chi connectivity index (χ0v) is 13.7. The first-order chi connectivity index (χ1) is 10.4. The van der Waals surface area contributed by atoms with Gasteiger partial charge >= 0.3 is 6.09 Å². The first-order valence-electron chi connectivity index (χ1n) is 8.05. The van der Waals surface area contributed by atoms with Gasteiger partial charge in [0.25, 0.3) is 0 Å². The summed E-state index contributed by atoms with van der Waals surface area (Å²) in [6.07, 6.45) is 6.82. The number of rotatable bonds is 1. The number of anilines is 1. The highest BCUT2D eigenvalue weighted by Crippen LogP contribution is 2.40. The average molecular weight is 303 g/mol. The lowest BCUT2D eigenvalue weighted by molar-refractivity contribution is 0.0285. The summed E-state index contributed by atoms with van der Waals surface area (Å²) in [5, 5.41) is 0. The van der Waals surface area contributed by atoms with Crippen LogP contribution in [0.1, 0.15) is 40.0 Å². The smallest absolute Gasteiger partial charge is 0.410 e. The lowest BCUT2D eigenvalue weighted by Crippen LogP contribution is -2.47. The molecule has 1 atom stereocenters. The van der Waals surface area contributed by atoms with E-state index in [1.807, 2.05) is 37.9 Å². The van der Waals surface area contributed by atoms with Crippen LogP contribution < -0.4 is 4.90 Å². The fourth-order valence-corrected chi connectivity index (χ4v) is 3.62. The molecule has 0 saturated carbocycles. The van der Waals surface area contributed by atoms with Crippen LogP contribution in [0.15, 0.2) is 24.5 Å². The summed E-state index contributed by atoms with van der Waals surface area (Å²) in [5.74, 6) is 0. The maximum atomic E-state index is 12.3. The van der Waals surface area contributed by atoms with Gasteiger partial charge in [-0.1, -0.05) is 0 Å². The van der Waals surface area contributed by atoms with Crippen LogP contribution in [0.5, 0.6) is 0 Å². The maximum Gasteiger partial charge on any atom is 0.410 e. The average Bonchev–Trinajstić information content (AvgIpc) is 3.06. The van der Waals surface area contributed by atoms with Gasteiger partial charge in [0.1, 0.15) is 5.60 Å². The number of ether oxygens (including phenoxy) is 1. The zero-order valence-electron chi connectivity index (χ0n) is 13.7. The van der Waals surface area contributed by atoms with Crippen molar-refractivity contribution in [1.82, 2.24) is 9.88 Å². The van der Waals surface area contributed by atoms with Gasteiger partial charge in [-0.05, 0) is 52.2 Å². The molecule has 2 saturated heterocycles. The first kappa shape index (κ1) is 15.1. The van der Waals surface area contributed by atoms with Gasteiger partial charge in [0.15, 0.2) is 0 Å². The monoisotopic (exact) mass is 303 g/mol. The van der Waals surface area contributed by atoms with E-state index in [0.29, 0.717) is 0 Å². The van der Waals surface area contributed by atoms with Crippen molar-refractivity contribution in [2.75, 3.05) is 24.5 Å². The van der Waals surface area contributed by atoms with E-state index < -0.39 is 5.60 Å². The van der Waals surface area contributed by atoms with Crippen LogP contribution in [0, 0.1) is 0 Å². The molecule has 1 spiro atoms. The van der Waals surface area contributed by atoms with E-state index in [9.17, 15) is 4.79 Å². The van der Waals surface area contributed by atoms with Crippen molar-refractivity contribution in [2.45, 2.75) is 51.2 Å². The van der Waals surface area contributed by atoms with Crippen molar-refractivity contribution in [3.8, 4) is 0 Å². The van der Waals surface area contributed by atoms with Crippen molar-refractivity contribution < 1.29 is 9.53 Å². The minimum absolute atomic E-state index is 0.0555. The van der Waals surface area contributed by atoms with Gasteiger partial charge in [-0.2, -0.15) is 0 Å². The summed E-state index contributed by atoms with van der Waals surface area (Å²) >= 11 is 0. The largest absolute Gasteiger partial charge is 0.444 e. The van der Waals surface area contributed by atoms with Crippen LogP contribution in [-0.2, 0) is 4.74 Å². The second-order valence-corrected chi connectivity index (χ2v) is 7.34. The molecule has 0 aromatic carbocycles. The summed E-state index contributed by atoms with van der Waals surface area (Å²) in [4.78, 5) is 20.9. The van der Waals surface area contributed by atoms with Crippen molar-refractivity contribution in [1.29, 1.82) is 0 Å². The third-order valence-corrected chi connectivity index (χ3v) is 4.54. The zero-order chi connectivity index (χ0) is 15.8. The normalized spacial score (nSPS) is 25.0. The fraction of sp³-hybridized carbons (Fsp3) is 0.647. The van der Waals surface area contributed by atoms with E-state index in [-0.39, 0.29) is 11.6 Å². The van der Waals surface area contributed by atoms with Gasteiger partial charge in [0, 0.05) is 25.8 Å². The minimum atomic E-state index is -0.439. The number of carbonyl (C=O) groups is 1. The second-order valence-electron chi connectivity index (χ2n) is 7.34. The second kappa shape index (κ2) is 5.45. The highest BCUT2D eigenvalue weighted by atomic mass is 16.6. The van der Waals surface area contributed by atoms with E-state index in [1.165, 1.54) is 0 Å². The molecule has 1 unspecified atom stereocenters. The topological polar surface area (TPSA) is 45.7 Å². The van der Waals surface area contributed by atoms with Crippen molar-refractivity contribution in [3.63, 3.8) is 0 Å². The van der Waals surface area contributed by atoms with Gasteiger partial charge in [-0.25, -0.2) is 4.79 Å². The Morgan fingerprint density at radius 1 is 1.32 bits per heavy atom. The van der Waals surface area contributed by atoms with E-state index in [1.54, 1.807) is 6.20 Å². The molecule has 0 N–H and O–H groups in total. The van der Waals surface area contributed by atoms with Crippen LogP contribution in [0.3, 0.4) is 0 Å². The lowest BCUT2D eigenvalue weighted by atomic mass is 9.95. The maximum absolute atomic E-state index is 12.3. The molecular formula is C17H25N3O2. The molecule has 0 radical (unpaired) electrons. The van der Waals surface area contributed by atoms with E-state index in [2.05, 4.69) is 16.0 Å². The van der Waals surface area contributed by atoms with Crippen molar-refractivity contribution >= 4 is 11.8 Å². The van der Waals surface area contributed by atoms with Crippen molar-refractivity contribution in [3.05, 3.63) is 24.5 Å². The lowest BCUT2D eigenvalue weighted by Gasteiger charge is -2.36. The predicted octanol–water partition coefficient (Wildman–Crippen LogP) is 3.06. The molecule has 1 aromatic heterocycles. The fourth-order valence-electron chi connectivity index (χ4n) is 3.62. The molecule has 5 heteroatoms. The van der Waals surface area contributed by atoms with Crippen LogP contribution >= 0.6 is 0 Å². The number of carbonyl (C=O) groups excluding carboxylic acids is 1. The van der Waals surface area contributed by atoms with Crippen molar-refractivity contribution in [2.24, 2.45) is 0 Å². The number of aromatic nitrogens is 1. The van der Waals surface area contributed by atoms with Crippen LogP contribution in [0.2, 0.25) is 0 Å². The predicted molar refractivity (Wildman–Crippen MR) is 86.0 cm³/mol. The molecular weight excluding hydrogens is 278 g/mol. The third-order valence-electron chi connectivity index (χ3n) is 4.54. The summed E-state index contributed by atoms with van der Waals surface area (Å²) in [5.41, 5.74) is 0.775. The first-order valence-corrected chi connectivity index (χ1v) is 8.05. The molecule has 5 nitrogen and oxygen atoms in total. The SMILES string of the molecule is CC(C)(C)OC(=O)N1CCC2(CCCN2c2cccnc2)C1. The number of hydrogen-bond acceptors (Lipinski definition) is 4. The molecule has 22 heavy (non-hydrogen) atoms. The molecule has 2 fully saturated rings. The molecule has 2 aliphatic heterocycles. The standard InChI is InChI=1S/C17H25N3O2/c1-16(2,3)22-15(21)19-11-8-17(13-19)7-5-10-20(17)14-6-4-9-18-12-14/h4,6,9,12H,5,7-8,10-11,13H2,1-3H3. The minimum Gasteiger partial charge on any atom is -0.444 e. The Bertz CT molecular complexity index is 541. The summed E-state index contributed by atoms with van der Waals surface area (Å²) in [7, 11) is 0. The number of pyridine rings is 1. The third kappa shape index (κ3) is 2.89. The van der Waals surface area contributed by atoms with Crippen LogP contribution in [0.4, 0.5) is 10.5 Å². The molecule has 3 heterocycles. The number of nitrogens with zero attached hydrogens (tertiary/aromatic N) is 3. The summed E-state index contributed by atoms with van der Waals surface area (Å²) in [6.45, 7) is 8.28. The van der Waals surface area contributed by atoms with Gasteiger partial charge in [0.05, 0.1) is 17.4 Å². The van der Waals surface area contributed by atoms with Gasteiger partial charge < -0.3 is 14.5 Å². The number of hydrogen-bond donors (Lipinski definition) is 0. The Morgan fingerprint density at radius 3 is 2.82 bits per heavy atom. The van der Waals surface area contributed by atoms with E-state index in [4.69, 9.17) is 4.74 Å². The van der Waals surface area contributed by atoms with E-state index in [0.717, 1.165) is 44.6 Å². The Hall–Kier alpha value is -1.78. The Labute approximate surface area is 132 Å². The van der Waals surface area contributed by atoms with Crippen LogP contribution in [-0.4, -0.2) is 46.8 Å². The number of likely N-dealkylation sites (tertiary alicyclic amines) is 1. The molecule has 1 aromatic rings. The molecule has 120 valence electrons. The highest BCUT2D eigenvalue weighted by Gasteiger charge is 2.48. The van der Waals surface area contributed by atoms with Gasteiger partial charge in [0.2, 0.25) is 0 Å². The molecule has 0 bridgehead atoms. The Kier molecular flexibility index (Phi) is 3.75. The van der Waals surface area contributed by atoms with Gasteiger partial charge in [-0.3, -0.25) is 4.98 Å². The van der Waals surface area contributed by atoms with Gasteiger partial charge in [-0.15, -0.1) is 0 Å². The molecule has 2 aliphatic rings. The Morgan fingerprint density at radius 2 is 2.14 bits per heavy atom. The number of amides is 1. The summed E-state index contributed by atoms with van der Waals surface area (Å²) in [6, 6.07) is 4.08. The molecule has 0 aliphatic carbocycles. The quantitative estimate of drug-likeness (QED) is 0.800. The Balaban J connectivity index is 1.74. The van der Waals surface area contributed by atoms with E-state index >= 15 is 0 Å². The highest BCUT2D eigenvalue weighted by molar-refractivity contribution is 5.69. The molecule has 1 amide bonds. The van der Waals surface area contributed by atoms with Crippen LogP contribution in [0.25, 0.3) is 0 Å². The summed E-state index contributed by atoms with van der Waals surface area (Å²) < 4.78 is 5.52.